The molecule has 0 amide bonds. The molecule has 0 aliphatic carbocycles. The van der Waals surface area contributed by atoms with Gasteiger partial charge in [-0.15, -0.1) is 0 Å². The molecule has 0 aliphatic heterocycles. The van der Waals surface area contributed by atoms with E-state index in [1.807, 2.05) is 6.92 Å². The highest BCUT2D eigenvalue weighted by molar-refractivity contribution is 5.36. The molecule has 20 heavy (non-hydrogen) atoms. The lowest BCUT2D eigenvalue weighted by molar-refractivity contribution is 0.312. The summed E-state index contributed by atoms with van der Waals surface area (Å²) in [7, 11) is 0. The maximum atomic E-state index is 5.40. The lowest BCUT2D eigenvalue weighted by Gasteiger charge is -2.16. The molecular weight excluding hydrogens is 254 g/mol. The normalized spacial score (nSPS) is 12.0. The Morgan fingerprint density at radius 3 is 2.35 bits per heavy atom. The number of ether oxygens (including phenoxy) is 1. The maximum Gasteiger partial charge on any atom is 0.323 e. The van der Waals surface area contributed by atoms with Gasteiger partial charge in [-0.3, -0.25) is 0 Å². The molecular formula is C14H27N5O. The summed E-state index contributed by atoms with van der Waals surface area (Å²) in [5.41, 5.74) is 0. The summed E-state index contributed by atoms with van der Waals surface area (Å²) in [6, 6.07) is 0.755. The van der Waals surface area contributed by atoms with E-state index in [2.05, 4.69) is 46.4 Å². The van der Waals surface area contributed by atoms with Crippen molar-refractivity contribution < 1.29 is 4.74 Å². The van der Waals surface area contributed by atoms with Crippen molar-refractivity contribution in [1.82, 2.24) is 15.0 Å². The predicted octanol–water partition coefficient (Wildman–Crippen LogP) is 3.08. The van der Waals surface area contributed by atoms with E-state index in [1.54, 1.807) is 0 Å². The van der Waals surface area contributed by atoms with E-state index in [0.717, 1.165) is 32.2 Å². The Hall–Kier alpha value is -1.59. The molecule has 1 aromatic rings. The van der Waals surface area contributed by atoms with E-state index in [1.165, 1.54) is 0 Å². The van der Waals surface area contributed by atoms with Gasteiger partial charge in [-0.05, 0) is 26.2 Å². The molecule has 6 heteroatoms. The van der Waals surface area contributed by atoms with E-state index in [0.29, 0.717) is 30.6 Å². The van der Waals surface area contributed by atoms with Crippen LogP contribution in [0.4, 0.5) is 11.9 Å². The van der Waals surface area contributed by atoms with E-state index in [9.17, 15) is 0 Å². The Balaban J connectivity index is 2.83. The van der Waals surface area contributed by atoms with Crippen molar-refractivity contribution in [2.24, 2.45) is 0 Å². The molecule has 0 spiro atoms. The summed E-state index contributed by atoms with van der Waals surface area (Å²) in [5.74, 6) is 1.15. The maximum absolute atomic E-state index is 5.40. The smallest absolute Gasteiger partial charge is 0.323 e. The van der Waals surface area contributed by atoms with Gasteiger partial charge in [0.05, 0.1) is 6.61 Å². The quantitative estimate of drug-likeness (QED) is 0.686. The van der Waals surface area contributed by atoms with Gasteiger partial charge >= 0.3 is 6.01 Å². The Morgan fingerprint density at radius 2 is 1.75 bits per heavy atom. The van der Waals surface area contributed by atoms with Crippen molar-refractivity contribution in [3.05, 3.63) is 0 Å². The van der Waals surface area contributed by atoms with Gasteiger partial charge in [-0.1, -0.05) is 27.2 Å². The summed E-state index contributed by atoms with van der Waals surface area (Å²) < 4.78 is 5.40. The van der Waals surface area contributed by atoms with Crippen LogP contribution in [0.1, 0.15) is 53.4 Å². The van der Waals surface area contributed by atoms with Crippen molar-refractivity contribution in [3.63, 3.8) is 0 Å². The molecule has 6 nitrogen and oxygen atoms in total. The van der Waals surface area contributed by atoms with Crippen molar-refractivity contribution in [2.45, 2.75) is 59.4 Å². The molecule has 1 atom stereocenters. The SMILES string of the molecule is CCCNc1nc(NC(CC)CCC)nc(OCC)n1. The molecule has 0 aromatic carbocycles. The predicted molar refractivity (Wildman–Crippen MR) is 82.4 cm³/mol. The zero-order valence-electron chi connectivity index (χ0n) is 13.1. The molecule has 0 saturated carbocycles. The molecule has 1 heterocycles. The standard InChI is InChI=1S/C14H27N5O/c1-5-9-11(7-3)16-13-17-12(15-10-6-2)18-14(19-13)20-8-4/h11H,5-10H2,1-4H3,(H2,15,16,17,18,19). The van der Waals surface area contributed by atoms with Crippen LogP contribution in [0, 0.1) is 0 Å². The number of hydrogen-bond acceptors (Lipinski definition) is 6. The second-order valence-corrected chi connectivity index (χ2v) is 4.66. The van der Waals surface area contributed by atoms with Crippen LogP contribution < -0.4 is 15.4 Å². The van der Waals surface area contributed by atoms with Gasteiger partial charge in [0.25, 0.3) is 0 Å². The zero-order chi connectivity index (χ0) is 14.8. The molecule has 114 valence electrons. The summed E-state index contributed by atoms with van der Waals surface area (Å²) in [5, 5.41) is 6.54. The third-order valence-electron chi connectivity index (χ3n) is 2.88. The van der Waals surface area contributed by atoms with Crippen LogP contribution in [0.5, 0.6) is 6.01 Å². The highest BCUT2D eigenvalue weighted by Crippen LogP contribution is 2.14. The summed E-state index contributed by atoms with van der Waals surface area (Å²) in [6.07, 6.45) is 4.30. The average molecular weight is 281 g/mol. The minimum Gasteiger partial charge on any atom is -0.464 e. The monoisotopic (exact) mass is 281 g/mol. The summed E-state index contributed by atoms with van der Waals surface area (Å²) in [4.78, 5) is 12.9. The number of aromatic nitrogens is 3. The minimum absolute atomic E-state index is 0.370. The van der Waals surface area contributed by atoms with Crippen LogP contribution in [0.15, 0.2) is 0 Å². The first-order valence-electron chi connectivity index (χ1n) is 7.62. The number of nitrogens with one attached hydrogen (secondary N) is 2. The molecule has 0 fully saturated rings. The first-order valence-corrected chi connectivity index (χ1v) is 7.62. The van der Waals surface area contributed by atoms with Crippen LogP contribution in [-0.4, -0.2) is 34.1 Å². The van der Waals surface area contributed by atoms with Crippen LogP contribution in [0.2, 0.25) is 0 Å². The molecule has 0 aliphatic rings. The number of hydrogen-bond donors (Lipinski definition) is 2. The molecule has 0 saturated heterocycles. The van der Waals surface area contributed by atoms with Crippen LogP contribution in [-0.2, 0) is 0 Å². The van der Waals surface area contributed by atoms with Crippen molar-refractivity contribution in [2.75, 3.05) is 23.8 Å². The highest BCUT2D eigenvalue weighted by Gasteiger charge is 2.11. The van der Waals surface area contributed by atoms with Crippen molar-refractivity contribution in [3.8, 4) is 6.01 Å². The fourth-order valence-corrected chi connectivity index (χ4v) is 1.84. The lowest BCUT2D eigenvalue weighted by atomic mass is 10.1. The van der Waals surface area contributed by atoms with E-state index < -0.39 is 0 Å². The third-order valence-corrected chi connectivity index (χ3v) is 2.88. The van der Waals surface area contributed by atoms with Gasteiger partial charge in [-0.25, -0.2) is 0 Å². The second kappa shape index (κ2) is 9.34. The summed E-state index contributed by atoms with van der Waals surface area (Å²) in [6.45, 7) is 9.74. The zero-order valence-corrected chi connectivity index (χ0v) is 13.1. The van der Waals surface area contributed by atoms with E-state index in [4.69, 9.17) is 4.74 Å². The first kappa shape index (κ1) is 16.5. The Kier molecular flexibility index (Phi) is 7.69. The van der Waals surface area contributed by atoms with Crippen molar-refractivity contribution >= 4 is 11.9 Å². The number of nitrogens with zero attached hydrogens (tertiary/aromatic N) is 3. The first-order chi connectivity index (χ1) is 9.73. The van der Waals surface area contributed by atoms with Crippen LogP contribution in [0.3, 0.4) is 0 Å². The Labute approximate surface area is 121 Å². The Morgan fingerprint density at radius 1 is 1.00 bits per heavy atom. The molecule has 1 rings (SSSR count). The van der Waals surface area contributed by atoms with Crippen LogP contribution in [0.25, 0.3) is 0 Å². The van der Waals surface area contributed by atoms with Gasteiger partial charge in [-0.2, -0.15) is 15.0 Å². The van der Waals surface area contributed by atoms with Crippen LogP contribution >= 0.6 is 0 Å². The topological polar surface area (TPSA) is 72.0 Å². The highest BCUT2D eigenvalue weighted by atomic mass is 16.5. The fourth-order valence-electron chi connectivity index (χ4n) is 1.84. The third kappa shape index (κ3) is 5.59. The lowest BCUT2D eigenvalue weighted by Crippen LogP contribution is -2.21. The van der Waals surface area contributed by atoms with E-state index >= 15 is 0 Å². The summed E-state index contributed by atoms with van der Waals surface area (Å²) >= 11 is 0. The average Bonchev–Trinajstić information content (AvgIpc) is 2.45. The van der Waals surface area contributed by atoms with Gasteiger partial charge in [0, 0.05) is 12.6 Å². The molecule has 1 unspecified atom stereocenters. The van der Waals surface area contributed by atoms with Gasteiger partial charge in [0.15, 0.2) is 0 Å². The minimum atomic E-state index is 0.370. The number of anilines is 2. The molecule has 0 radical (unpaired) electrons. The van der Waals surface area contributed by atoms with Gasteiger partial charge < -0.3 is 15.4 Å². The van der Waals surface area contributed by atoms with Gasteiger partial charge in [0.1, 0.15) is 0 Å². The largest absolute Gasteiger partial charge is 0.464 e. The Bertz CT molecular complexity index is 386. The fraction of sp³-hybridized carbons (Fsp3) is 0.786. The van der Waals surface area contributed by atoms with Gasteiger partial charge in [0.2, 0.25) is 11.9 Å². The number of rotatable bonds is 10. The molecule has 0 bridgehead atoms. The van der Waals surface area contributed by atoms with Crippen molar-refractivity contribution in [1.29, 1.82) is 0 Å². The molecule has 2 N–H and O–H groups in total. The van der Waals surface area contributed by atoms with E-state index in [-0.39, 0.29) is 0 Å². The second-order valence-electron chi connectivity index (χ2n) is 4.66. The molecule has 1 aromatic heterocycles.